The Hall–Kier alpha value is -1.88. The van der Waals surface area contributed by atoms with Crippen LogP contribution in [-0.2, 0) is 7.05 Å². The summed E-state index contributed by atoms with van der Waals surface area (Å²) in [6.07, 6.45) is 1.91. The molecule has 0 N–H and O–H groups in total. The second-order valence-corrected chi connectivity index (χ2v) is 7.04. The van der Waals surface area contributed by atoms with Gasteiger partial charge in [-0.15, -0.1) is 0 Å². The van der Waals surface area contributed by atoms with Gasteiger partial charge in [0.15, 0.2) is 0 Å². The molecule has 0 radical (unpaired) electrons. The van der Waals surface area contributed by atoms with Gasteiger partial charge in [0.05, 0.1) is 5.71 Å². The van der Waals surface area contributed by atoms with Gasteiger partial charge in [-0.2, -0.15) is 5.10 Å². The molecule has 0 aliphatic rings. The van der Waals surface area contributed by atoms with Crippen molar-refractivity contribution in [1.29, 1.82) is 0 Å². The Morgan fingerprint density at radius 2 is 2.00 bits per heavy atom. The van der Waals surface area contributed by atoms with Crippen molar-refractivity contribution in [3.63, 3.8) is 0 Å². The normalized spacial score (nSPS) is 11.9. The quantitative estimate of drug-likeness (QED) is 0.634. The fourth-order valence-electron chi connectivity index (χ4n) is 1.75. The largest absolute Gasteiger partial charge is 0.546 e. The first-order chi connectivity index (χ1) is 9.06. The molecule has 0 spiro atoms. The molecular formula is C14H19N3OSi. The highest BCUT2D eigenvalue weighted by Crippen LogP contribution is 2.28. The van der Waals surface area contributed by atoms with Crippen LogP contribution in [0.5, 0.6) is 5.75 Å². The summed E-state index contributed by atoms with van der Waals surface area (Å²) < 4.78 is 7.67. The SMILES string of the molecule is CC(=Nc1ccccc1O[SiH](C)C)c1ccn(C)n1. The maximum absolute atomic E-state index is 5.89. The number of para-hydroxylation sites is 2. The topological polar surface area (TPSA) is 39.4 Å². The molecule has 0 aliphatic heterocycles. The minimum absolute atomic E-state index is 0.861. The van der Waals surface area contributed by atoms with Gasteiger partial charge in [0.25, 0.3) is 0 Å². The van der Waals surface area contributed by atoms with Crippen LogP contribution in [-0.4, -0.2) is 24.5 Å². The molecule has 100 valence electrons. The van der Waals surface area contributed by atoms with Crippen LogP contribution in [0, 0.1) is 0 Å². The number of aromatic nitrogens is 2. The van der Waals surface area contributed by atoms with Crippen molar-refractivity contribution < 1.29 is 4.43 Å². The van der Waals surface area contributed by atoms with Gasteiger partial charge >= 0.3 is 0 Å². The van der Waals surface area contributed by atoms with Gasteiger partial charge < -0.3 is 4.43 Å². The van der Waals surface area contributed by atoms with Gasteiger partial charge in [0.2, 0.25) is 9.04 Å². The summed E-state index contributed by atoms with van der Waals surface area (Å²) in [5.41, 5.74) is 2.65. The van der Waals surface area contributed by atoms with Gasteiger partial charge in [0.1, 0.15) is 17.1 Å². The summed E-state index contributed by atoms with van der Waals surface area (Å²) >= 11 is 0. The Labute approximate surface area is 115 Å². The number of nitrogens with zero attached hydrogens (tertiary/aromatic N) is 3. The molecule has 1 aromatic heterocycles. The molecular weight excluding hydrogens is 254 g/mol. The van der Waals surface area contributed by atoms with Crippen molar-refractivity contribution in [1.82, 2.24) is 9.78 Å². The molecule has 4 nitrogen and oxygen atoms in total. The van der Waals surface area contributed by atoms with Crippen LogP contribution in [0.25, 0.3) is 0 Å². The smallest absolute Gasteiger partial charge is 0.229 e. The van der Waals surface area contributed by atoms with E-state index >= 15 is 0 Å². The van der Waals surface area contributed by atoms with E-state index in [0.29, 0.717) is 0 Å². The summed E-state index contributed by atoms with van der Waals surface area (Å²) in [6, 6.07) is 9.84. The van der Waals surface area contributed by atoms with Crippen molar-refractivity contribution in [3.8, 4) is 5.75 Å². The number of hydrogen-bond donors (Lipinski definition) is 0. The molecule has 0 amide bonds. The van der Waals surface area contributed by atoms with Gasteiger partial charge in [-0.05, 0) is 38.2 Å². The van der Waals surface area contributed by atoms with Gasteiger partial charge in [-0.1, -0.05) is 12.1 Å². The Kier molecular flexibility index (Phi) is 4.16. The summed E-state index contributed by atoms with van der Waals surface area (Å²) in [7, 11) is 0.772. The highest BCUT2D eigenvalue weighted by atomic mass is 28.3. The third kappa shape index (κ3) is 3.54. The van der Waals surface area contributed by atoms with Crippen molar-refractivity contribution in [3.05, 3.63) is 42.2 Å². The van der Waals surface area contributed by atoms with Crippen LogP contribution >= 0.6 is 0 Å². The lowest BCUT2D eigenvalue weighted by Crippen LogP contribution is -2.11. The Bertz CT molecular complexity index is 590. The summed E-state index contributed by atoms with van der Waals surface area (Å²) in [5, 5.41) is 4.35. The second-order valence-electron chi connectivity index (χ2n) is 4.71. The van der Waals surface area contributed by atoms with E-state index in [-0.39, 0.29) is 0 Å². The summed E-state index contributed by atoms with van der Waals surface area (Å²) in [4.78, 5) is 4.63. The first-order valence-electron chi connectivity index (χ1n) is 6.37. The standard InChI is InChI=1S/C14H19N3OSi/c1-11(12-9-10-17(2)16-12)15-13-7-5-6-8-14(13)18-19(3)4/h5-10,19H,1-4H3. The molecule has 19 heavy (non-hydrogen) atoms. The predicted molar refractivity (Wildman–Crippen MR) is 81.0 cm³/mol. The number of aliphatic imine (C=N–C) groups is 1. The maximum Gasteiger partial charge on any atom is 0.229 e. The van der Waals surface area contributed by atoms with Gasteiger partial charge in [0, 0.05) is 13.2 Å². The fraction of sp³-hybridized carbons (Fsp3) is 0.286. The zero-order valence-corrected chi connectivity index (χ0v) is 12.9. The van der Waals surface area contributed by atoms with Crippen LogP contribution in [0.1, 0.15) is 12.6 Å². The molecule has 0 atom stereocenters. The molecule has 2 rings (SSSR count). The molecule has 2 aromatic rings. The van der Waals surface area contributed by atoms with Crippen LogP contribution < -0.4 is 4.43 Å². The fourth-order valence-corrected chi connectivity index (χ4v) is 2.46. The third-order valence-electron chi connectivity index (χ3n) is 2.60. The van der Waals surface area contributed by atoms with Crippen LogP contribution in [0.2, 0.25) is 13.1 Å². The van der Waals surface area contributed by atoms with E-state index in [1.54, 1.807) is 4.68 Å². The minimum Gasteiger partial charge on any atom is -0.546 e. The number of benzene rings is 1. The first-order valence-corrected chi connectivity index (χ1v) is 9.15. The van der Waals surface area contributed by atoms with E-state index in [1.165, 1.54) is 0 Å². The van der Waals surface area contributed by atoms with Crippen molar-refractivity contribution in [2.45, 2.75) is 20.0 Å². The molecule has 0 saturated heterocycles. The molecule has 1 aromatic carbocycles. The van der Waals surface area contributed by atoms with Gasteiger partial charge in [-0.25, -0.2) is 4.99 Å². The highest BCUT2D eigenvalue weighted by molar-refractivity contribution is 6.49. The zero-order valence-electron chi connectivity index (χ0n) is 11.8. The second kappa shape index (κ2) is 5.84. The first kappa shape index (κ1) is 13.5. The lowest BCUT2D eigenvalue weighted by atomic mass is 10.2. The molecule has 0 bridgehead atoms. The van der Waals surface area contributed by atoms with Gasteiger partial charge in [-0.3, -0.25) is 4.68 Å². The third-order valence-corrected chi connectivity index (χ3v) is 3.33. The van der Waals surface area contributed by atoms with Crippen molar-refractivity contribution in [2.75, 3.05) is 0 Å². The Balaban J connectivity index is 2.31. The molecule has 0 aliphatic carbocycles. The van der Waals surface area contributed by atoms with E-state index in [1.807, 2.05) is 50.5 Å². The molecule has 0 unspecified atom stereocenters. The lowest BCUT2D eigenvalue weighted by Gasteiger charge is -2.11. The van der Waals surface area contributed by atoms with E-state index in [4.69, 9.17) is 4.43 Å². The minimum atomic E-state index is -1.13. The highest BCUT2D eigenvalue weighted by Gasteiger charge is 2.07. The maximum atomic E-state index is 5.89. The molecule has 1 heterocycles. The number of aryl methyl sites for hydroxylation is 1. The van der Waals surface area contributed by atoms with E-state index in [9.17, 15) is 0 Å². The van der Waals surface area contributed by atoms with Crippen molar-refractivity contribution >= 4 is 20.4 Å². The Morgan fingerprint density at radius 3 is 2.63 bits per heavy atom. The van der Waals surface area contributed by atoms with Crippen molar-refractivity contribution in [2.24, 2.45) is 12.0 Å². The lowest BCUT2D eigenvalue weighted by molar-refractivity contribution is 0.582. The average Bonchev–Trinajstić information content (AvgIpc) is 2.78. The summed E-state index contributed by atoms with van der Waals surface area (Å²) in [6.45, 7) is 6.25. The molecule has 5 heteroatoms. The number of rotatable bonds is 4. The predicted octanol–water partition coefficient (Wildman–Crippen LogP) is 2.92. The molecule has 0 saturated carbocycles. The number of hydrogen-bond acceptors (Lipinski definition) is 3. The monoisotopic (exact) mass is 273 g/mol. The Morgan fingerprint density at radius 1 is 1.26 bits per heavy atom. The molecule has 0 fully saturated rings. The zero-order chi connectivity index (χ0) is 13.8. The average molecular weight is 273 g/mol. The van der Waals surface area contributed by atoms with Crippen LogP contribution in [0.4, 0.5) is 5.69 Å². The van der Waals surface area contributed by atoms with E-state index in [2.05, 4.69) is 23.2 Å². The van der Waals surface area contributed by atoms with E-state index in [0.717, 1.165) is 22.8 Å². The van der Waals surface area contributed by atoms with Crippen LogP contribution in [0.15, 0.2) is 41.5 Å². The van der Waals surface area contributed by atoms with E-state index < -0.39 is 9.04 Å². The summed E-state index contributed by atoms with van der Waals surface area (Å²) in [5.74, 6) is 0.861. The van der Waals surface area contributed by atoms with Crippen LogP contribution in [0.3, 0.4) is 0 Å².